The second-order valence-corrected chi connectivity index (χ2v) is 4.13. The largest absolute Gasteiger partial charge is 0.462 e. The molecule has 0 fully saturated rings. The highest BCUT2D eigenvalue weighted by Crippen LogP contribution is 2.11. The first-order valence-electron chi connectivity index (χ1n) is 6.05. The molecule has 0 aliphatic heterocycles. The number of nitrogens with zero attached hydrogens (tertiary/aromatic N) is 3. The van der Waals surface area contributed by atoms with E-state index in [2.05, 4.69) is 10.1 Å². The van der Waals surface area contributed by atoms with E-state index in [1.54, 1.807) is 25.4 Å². The Balaban J connectivity index is 2.20. The van der Waals surface area contributed by atoms with Crippen molar-refractivity contribution < 1.29 is 9.53 Å². The van der Waals surface area contributed by atoms with Crippen molar-refractivity contribution in [1.82, 2.24) is 14.8 Å². The lowest BCUT2D eigenvalue weighted by Crippen LogP contribution is -2.06. The summed E-state index contributed by atoms with van der Waals surface area (Å²) in [4.78, 5) is 15.8. The number of ether oxygens (including phenoxy) is 1. The quantitative estimate of drug-likeness (QED) is 0.841. The first-order chi connectivity index (χ1) is 9.11. The van der Waals surface area contributed by atoms with Crippen molar-refractivity contribution >= 4 is 5.97 Å². The topological polar surface area (TPSA) is 83.0 Å². The molecular weight excluding hydrogens is 244 g/mol. The van der Waals surface area contributed by atoms with Gasteiger partial charge in [0.25, 0.3) is 0 Å². The van der Waals surface area contributed by atoms with Crippen molar-refractivity contribution in [2.75, 3.05) is 6.61 Å². The van der Waals surface area contributed by atoms with Crippen molar-refractivity contribution in [1.29, 1.82) is 0 Å². The number of carbonyl (C=O) groups is 1. The summed E-state index contributed by atoms with van der Waals surface area (Å²) < 4.78 is 6.42. The minimum absolute atomic E-state index is 0.0609. The number of aromatic nitrogens is 3. The van der Waals surface area contributed by atoms with E-state index in [0.717, 1.165) is 5.56 Å². The number of hydrogen-bond donors (Lipinski definition) is 1. The second-order valence-electron chi connectivity index (χ2n) is 4.13. The Morgan fingerprint density at radius 3 is 2.84 bits per heavy atom. The number of pyridine rings is 1. The van der Waals surface area contributed by atoms with E-state index in [4.69, 9.17) is 10.5 Å². The Morgan fingerprint density at radius 1 is 1.47 bits per heavy atom. The predicted molar refractivity (Wildman–Crippen MR) is 69.9 cm³/mol. The van der Waals surface area contributed by atoms with Crippen molar-refractivity contribution in [2.24, 2.45) is 5.73 Å². The SMILES string of the molecule is CCOC(=O)c1cnn(-c2ccc(C(C)N)cn2)c1. The smallest absolute Gasteiger partial charge is 0.341 e. The zero-order valence-electron chi connectivity index (χ0n) is 10.9. The van der Waals surface area contributed by atoms with Crippen LogP contribution >= 0.6 is 0 Å². The standard InChI is InChI=1S/C13H16N4O2/c1-3-19-13(18)11-7-16-17(8-11)12-5-4-10(6-15-12)9(2)14/h4-9H,3,14H2,1-2H3. The van der Waals surface area contributed by atoms with Crippen LogP contribution in [0.15, 0.2) is 30.7 Å². The van der Waals surface area contributed by atoms with Gasteiger partial charge >= 0.3 is 5.97 Å². The van der Waals surface area contributed by atoms with Gasteiger partial charge in [-0.05, 0) is 25.5 Å². The first kappa shape index (κ1) is 13.2. The highest BCUT2D eigenvalue weighted by molar-refractivity contribution is 5.88. The number of nitrogens with two attached hydrogens (primary N) is 1. The number of esters is 1. The zero-order chi connectivity index (χ0) is 13.8. The molecule has 2 aromatic heterocycles. The average Bonchev–Trinajstić information content (AvgIpc) is 2.89. The molecule has 100 valence electrons. The monoisotopic (exact) mass is 260 g/mol. The third kappa shape index (κ3) is 2.97. The molecule has 0 saturated heterocycles. The fraction of sp³-hybridized carbons (Fsp3) is 0.308. The van der Waals surface area contributed by atoms with Crippen LogP contribution < -0.4 is 5.73 Å². The summed E-state index contributed by atoms with van der Waals surface area (Å²) in [7, 11) is 0. The maximum Gasteiger partial charge on any atom is 0.341 e. The van der Waals surface area contributed by atoms with Gasteiger partial charge in [0, 0.05) is 18.4 Å². The van der Waals surface area contributed by atoms with E-state index in [-0.39, 0.29) is 12.0 Å². The Bertz CT molecular complexity index is 560. The molecule has 6 heteroatoms. The first-order valence-corrected chi connectivity index (χ1v) is 6.05. The summed E-state index contributed by atoms with van der Waals surface area (Å²) in [6.45, 7) is 3.99. The molecule has 0 saturated carbocycles. The van der Waals surface area contributed by atoms with E-state index >= 15 is 0 Å². The van der Waals surface area contributed by atoms with Gasteiger partial charge in [-0.15, -0.1) is 0 Å². The molecule has 2 rings (SSSR count). The molecule has 0 aliphatic rings. The molecule has 0 spiro atoms. The van der Waals surface area contributed by atoms with Crippen LogP contribution in [0.25, 0.3) is 5.82 Å². The Hall–Kier alpha value is -2.21. The molecule has 6 nitrogen and oxygen atoms in total. The Kier molecular flexibility index (Phi) is 3.91. The van der Waals surface area contributed by atoms with Gasteiger partial charge in [0.2, 0.25) is 0 Å². The van der Waals surface area contributed by atoms with Gasteiger partial charge in [-0.3, -0.25) is 0 Å². The van der Waals surface area contributed by atoms with Crippen LogP contribution in [0.5, 0.6) is 0 Å². The molecule has 2 heterocycles. The third-order valence-corrected chi connectivity index (χ3v) is 2.62. The summed E-state index contributed by atoms with van der Waals surface area (Å²) >= 11 is 0. The minimum Gasteiger partial charge on any atom is -0.462 e. The van der Waals surface area contributed by atoms with Crippen LogP contribution in [0.3, 0.4) is 0 Å². The molecular formula is C13H16N4O2. The summed E-state index contributed by atoms with van der Waals surface area (Å²) in [6, 6.07) is 3.63. The highest BCUT2D eigenvalue weighted by atomic mass is 16.5. The maximum absolute atomic E-state index is 11.5. The molecule has 1 atom stereocenters. The molecule has 1 unspecified atom stereocenters. The van der Waals surface area contributed by atoms with Gasteiger partial charge in [-0.25, -0.2) is 14.5 Å². The normalized spacial score (nSPS) is 12.2. The summed E-state index contributed by atoms with van der Waals surface area (Å²) in [5.74, 6) is 0.237. The lowest BCUT2D eigenvalue weighted by atomic mass is 10.2. The van der Waals surface area contributed by atoms with E-state index in [0.29, 0.717) is 18.0 Å². The molecule has 2 aromatic rings. The summed E-state index contributed by atoms with van der Waals surface area (Å²) in [5, 5.41) is 4.09. The van der Waals surface area contributed by atoms with Gasteiger partial charge in [-0.2, -0.15) is 5.10 Å². The molecule has 0 amide bonds. The molecule has 2 N–H and O–H groups in total. The average molecular weight is 260 g/mol. The van der Waals surface area contributed by atoms with E-state index in [1.165, 1.54) is 10.9 Å². The fourth-order valence-corrected chi connectivity index (χ4v) is 1.57. The maximum atomic E-state index is 11.5. The Labute approximate surface area is 111 Å². The van der Waals surface area contributed by atoms with Crippen molar-refractivity contribution in [2.45, 2.75) is 19.9 Å². The van der Waals surface area contributed by atoms with Crippen LogP contribution in [0.4, 0.5) is 0 Å². The third-order valence-electron chi connectivity index (χ3n) is 2.62. The number of hydrogen-bond acceptors (Lipinski definition) is 5. The fourth-order valence-electron chi connectivity index (χ4n) is 1.57. The van der Waals surface area contributed by atoms with Crippen LogP contribution in [-0.2, 0) is 4.74 Å². The van der Waals surface area contributed by atoms with Gasteiger partial charge in [-0.1, -0.05) is 6.07 Å². The van der Waals surface area contributed by atoms with Crippen molar-refractivity contribution in [3.8, 4) is 5.82 Å². The number of carbonyl (C=O) groups excluding carboxylic acids is 1. The highest BCUT2D eigenvalue weighted by Gasteiger charge is 2.10. The van der Waals surface area contributed by atoms with Crippen molar-refractivity contribution in [3.63, 3.8) is 0 Å². The van der Waals surface area contributed by atoms with Gasteiger partial charge in [0.15, 0.2) is 5.82 Å². The predicted octanol–water partition coefficient (Wildman–Crippen LogP) is 1.46. The molecule has 0 aliphatic carbocycles. The van der Waals surface area contributed by atoms with Crippen molar-refractivity contribution in [3.05, 3.63) is 41.9 Å². The van der Waals surface area contributed by atoms with Gasteiger partial charge in [0.05, 0.1) is 18.4 Å². The van der Waals surface area contributed by atoms with Gasteiger partial charge < -0.3 is 10.5 Å². The van der Waals surface area contributed by atoms with E-state index < -0.39 is 0 Å². The molecule has 0 radical (unpaired) electrons. The molecule has 0 bridgehead atoms. The summed E-state index contributed by atoms with van der Waals surface area (Å²) in [5.41, 5.74) is 7.10. The second kappa shape index (κ2) is 5.62. The molecule has 0 aromatic carbocycles. The molecule has 19 heavy (non-hydrogen) atoms. The van der Waals surface area contributed by atoms with Crippen LogP contribution in [0, 0.1) is 0 Å². The van der Waals surface area contributed by atoms with Gasteiger partial charge in [0.1, 0.15) is 0 Å². The van der Waals surface area contributed by atoms with E-state index in [9.17, 15) is 4.79 Å². The van der Waals surface area contributed by atoms with Crippen LogP contribution in [0.1, 0.15) is 35.8 Å². The zero-order valence-corrected chi connectivity index (χ0v) is 10.9. The summed E-state index contributed by atoms with van der Waals surface area (Å²) in [6.07, 6.45) is 4.75. The lowest BCUT2D eigenvalue weighted by Gasteiger charge is -2.05. The minimum atomic E-state index is -0.388. The van der Waals surface area contributed by atoms with Crippen LogP contribution in [-0.4, -0.2) is 27.3 Å². The van der Waals surface area contributed by atoms with Crippen LogP contribution in [0.2, 0.25) is 0 Å². The Morgan fingerprint density at radius 2 is 2.26 bits per heavy atom. The van der Waals surface area contributed by atoms with E-state index in [1.807, 2.05) is 13.0 Å². The lowest BCUT2D eigenvalue weighted by molar-refractivity contribution is 0.0526. The number of rotatable bonds is 4.